The molecule has 0 saturated heterocycles. The van der Waals surface area contributed by atoms with Crippen LogP contribution in [0.3, 0.4) is 0 Å². The molecule has 2 heterocycles. The molecule has 0 saturated carbocycles. The van der Waals surface area contributed by atoms with Crippen LogP contribution in [-0.2, 0) is 0 Å². The molecule has 0 aliphatic heterocycles. The van der Waals surface area contributed by atoms with E-state index in [-0.39, 0.29) is 5.56 Å². The molecule has 0 aliphatic rings. The van der Waals surface area contributed by atoms with Crippen molar-refractivity contribution in [2.45, 2.75) is 0 Å². The highest BCUT2D eigenvalue weighted by molar-refractivity contribution is 5.62. The molecule has 0 N–H and O–H groups in total. The van der Waals surface area contributed by atoms with Gasteiger partial charge >= 0.3 is 0 Å². The summed E-state index contributed by atoms with van der Waals surface area (Å²) in [5, 5.41) is 0. The van der Waals surface area contributed by atoms with Crippen molar-refractivity contribution in [3.8, 4) is 11.1 Å². The van der Waals surface area contributed by atoms with Crippen LogP contribution in [0.2, 0.25) is 0 Å². The first-order chi connectivity index (χ1) is 6.77. The third kappa shape index (κ3) is 1.59. The minimum absolute atomic E-state index is 0.272. The Morgan fingerprint density at radius 1 is 1.00 bits per heavy atom. The largest absolute Gasteiger partial charge is 0.228 e. The van der Waals surface area contributed by atoms with Crippen molar-refractivity contribution >= 4 is 0 Å². The van der Waals surface area contributed by atoms with Gasteiger partial charge in [0.05, 0.1) is 0 Å². The van der Waals surface area contributed by atoms with Gasteiger partial charge in [0, 0.05) is 24.0 Å². The Kier molecular flexibility index (Phi) is 2.18. The summed E-state index contributed by atoms with van der Waals surface area (Å²) in [4.78, 5) is 6.86. The molecule has 0 spiro atoms. The molecular formula is C10H6F2N2. The number of hydrogen-bond acceptors (Lipinski definition) is 2. The Balaban J connectivity index is 2.55. The van der Waals surface area contributed by atoms with Crippen molar-refractivity contribution in [1.29, 1.82) is 0 Å². The molecule has 0 aliphatic carbocycles. The lowest BCUT2D eigenvalue weighted by Gasteiger charge is -2.00. The minimum Gasteiger partial charge on any atom is -0.228 e. The average Bonchev–Trinajstić information content (AvgIpc) is 2.18. The predicted octanol–water partition coefficient (Wildman–Crippen LogP) is 2.42. The molecule has 0 atom stereocenters. The maximum absolute atomic E-state index is 13.2. The van der Waals surface area contributed by atoms with Gasteiger partial charge in [-0.2, -0.15) is 8.78 Å². The lowest BCUT2D eigenvalue weighted by molar-refractivity contribution is 0.580. The fourth-order valence-corrected chi connectivity index (χ4v) is 1.17. The zero-order valence-electron chi connectivity index (χ0n) is 7.11. The molecule has 0 bridgehead atoms. The van der Waals surface area contributed by atoms with Crippen LogP contribution >= 0.6 is 0 Å². The SMILES string of the molecule is Fc1cc(-c2cccnc2F)ccn1. The van der Waals surface area contributed by atoms with E-state index in [9.17, 15) is 8.78 Å². The Labute approximate surface area is 79.3 Å². The van der Waals surface area contributed by atoms with E-state index < -0.39 is 11.9 Å². The summed E-state index contributed by atoms with van der Waals surface area (Å²) in [5.41, 5.74) is 0.705. The smallest absolute Gasteiger partial charge is 0.220 e. The summed E-state index contributed by atoms with van der Waals surface area (Å²) < 4.78 is 25.9. The van der Waals surface area contributed by atoms with Crippen molar-refractivity contribution < 1.29 is 8.78 Å². The van der Waals surface area contributed by atoms with Gasteiger partial charge in [0.25, 0.3) is 0 Å². The van der Waals surface area contributed by atoms with E-state index in [1.165, 1.54) is 30.6 Å². The monoisotopic (exact) mass is 192 g/mol. The zero-order chi connectivity index (χ0) is 9.97. The molecule has 2 nitrogen and oxygen atoms in total. The first kappa shape index (κ1) is 8.74. The third-order valence-corrected chi connectivity index (χ3v) is 1.80. The van der Waals surface area contributed by atoms with Crippen LogP contribution in [0.1, 0.15) is 0 Å². The zero-order valence-corrected chi connectivity index (χ0v) is 7.11. The topological polar surface area (TPSA) is 25.8 Å². The summed E-state index contributed by atoms with van der Waals surface area (Å²) >= 11 is 0. The van der Waals surface area contributed by atoms with Gasteiger partial charge in [-0.3, -0.25) is 0 Å². The number of aromatic nitrogens is 2. The Hall–Kier alpha value is -1.84. The molecule has 0 unspecified atom stereocenters. The summed E-state index contributed by atoms with van der Waals surface area (Å²) in [6.07, 6.45) is 2.63. The van der Waals surface area contributed by atoms with E-state index in [4.69, 9.17) is 0 Å². The van der Waals surface area contributed by atoms with Crippen molar-refractivity contribution in [2.24, 2.45) is 0 Å². The van der Waals surface area contributed by atoms with Crippen molar-refractivity contribution in [2.75, 3.05) is 0 Å². The highest BCUT2D eigenvalue weighted by Crippen LogP contribution is 2.20. The average molecular weight is 192 g/mol. The summed E-state index contributed by atoms with van der Waals surface area (Å²) in [5.74, 6) is -1.25. The molecule has 0 radical (unpaired) electrons. The minimum atomic E-state index is -0.634. The van der Waals surface area contributed by atoms with Gasteiger partial charge in [-0.25, -0.2) is 9.97 Å². The van der Waals surface area contributed by atoms with Crippen molar-refractivity contribution in [3.63, 3.8) is 0 Å². The predicted molar refractivity (Wildman–Crippen MR) is 47.4 cm³/mol. The maximum Gasteiger partial charge on any atom is 0.220 e. The van der Waals surface area contributed by atoms with Crippen molar-refractivity contribution in [3.05, 3.63) is 48.6 Å². The second-order valence-corrected chi connectivity index (χ2v) is 2.71. The summed E-state index contributed by atoms with van der Waals surface area (Å²) in [6, 6.07) is 5.83. The second-order valence-electron chi connectivity index (χ2n) is 2.71. The van der Waals surface area contributed by atoms with E-state index in [1.807, 2.05) is 0 Å². The molecule has 2 aromatic rings. The highest BCUT2D eigenvalue weighted by atomic mass is 19.1. The van der Waals surface area contributed by atoms with E-state index in [2.05, 4.69) is 9.97 Å². The van der Waals surface area contributed by atoms with Gasteiger partial charge in [0.15, 0.2) is 0 Å². The number of hydrogen-bond donors (Lipinski definition) is 0. The lowest BCUT2D eigenvalue weighted by atomic mass is 10.1. The van der Waals surface area contributed by atoms with Gasteiger partial charge < -0.3 is 0 Å². The van der Waals surface area contributed by atoms with Crippen LogP contribution in [-0.4, -0.2) is 9.97 Å². The Morgan fingerprint density at radius 3 is 2.57 bits per heavy atom. The Morgan fingerprint density at radius 2 is 1.86 bits per heavy atom. The Bertz CT molecular complexity index is 457. The molecule has 0 fully saturated rings. The first-order valence-electron chi connectivity index (χ1n) is 4.00. The normalized spacial score (nSPS) is 10.1. The lowest BCUT2D eigenvalue weighted by Crippen LogP contribution is -1.89. The third-order valence-electron chi connectivity index (χ3n) is 1.80. The van der Waals surface area contributed by atoms with Crippen LogP contribution < -0.4 is 0 Å². The number of halogens is 2. The van der Waals surface area contributed by atoms with Gasteiger partial charge in [0.1, 0.15) is 0 Å². The number of pyridine rings is 2. The first-order valence-corrected chi connectivity index (χ1v) is 4.00. The molecule has 2 aromatic heterocycles. The molecule has 4 heteroatoms. The van der Waals surface area contributed by atoms with E-state index in [0.29, 0.717) is 5.56 Å². The quantitative estimate of drug-likeness (QED) is 0.648. The molecule has 0 amide bonds. The fourth-order valence-electron chi connectivity index (χ4n) is 1.17. The second kappa shape index (κ2) is 3.49. The van der Waals surface area contributed by atoms with Crippen molar-refractivity contribution in [1.82, 2.24) is 9.97 Å². The number of rotatable bonds is 1. The molecule has 0 aromatic carbocycles. The van der Waals surface area contributed by atoms with Gasteiger partial charge in [-0.1, -0.05) is 0 Å². The summed E-state index contributed by atoms with van der Waals surface area (Å²) in [6.45, 7) is 0. The van der Waals surface area contributed by atoms with Gasteiger partial charge in [-0.05, 0) is 23.8 Å². The summed E-state index contributed by atoms with van der Waals surface area (Å²) in [7, 11) is 0. The van der Waals surface area contributed by atoms with E-state index in [0.717, 1.165) is 0 Å². The fraction of sp³-hybridized carbons (Fsp3) is 0. The maximum atomic E-state index is 13.2. The van der Waals surface area contributed by atoms with Crippen LogP contribution in [0.4, 0.5) is 8.78 Å². The van der Waals surface area contributed by atoms with Crippen LogP contribution in [0.15, 0.2) is 36.7 Å². The number of nitrogens with zero attached hydrogens (tertiary/aromatic N) is 2. The van der Waals surface area contributed by atoms with Crippen LogP contribution in [0.5, 0.6) is 0 Å². The van der Waals surface area contributed by atoms with Gasteiger partial charge in [-0.15, -0.1) is 0 Å². The standard InChI is InChI=1S/C10H6F2N2/c11-9-6-7(3-5-13-9)8-2-1-4-14-10(8)12/h1-6H. The molecule has 14 heavy (non-hydrogen) atoms. The van der Waals surface area contributed by atoms with Crippen LogP contribution in [0.25, 0.3) is 11.1 Å². The van der Waals surface area contributed by atoms with Gasteiger partial charge in [0.2, 0.25) is 11.9 Å². The van der Waals surface area contributed by atoms with E-state index >= 15 is 0 Å². The molecular weight excluding hydrogens is 186 g/mol. The highest BCUT2D eigenvalue weighted by Gasteiger charge is 2.05. The molecule has 70 valence electrons. The van der Waals surface area contributed by atoms with E-state index in [1.54, 1.807) is 6.07 Å². The van der Waals surface area contributed by atoms with Crippen LogP contribution in [0, 0.1) is 11.9 Å². The molecule has 2 rings (SSSR count).